The first kappa shape index (κ1) is 14.1. The van der Waals surface area contributed by atoms with Gasteiger partial charge in [-0.05, 0) is 25.0 Å². The predicted octanol–water partition coefficient (Wildman–Crippen LogP) is 1.94. The molecule has 3 N–H and O–H groups in total. The molecule has 0 aliphatic heterocycles. The lowest BCUT2D eigenvalue weighted by Gasteiger charge is -2.29. The highest BCUT2D eigenvalue weighted by atomic mass is 16.2. The molecule has 0 atom stereocenters. The molecule has 1 saturated carbocycles. The molecule has 0 spiro atoms. The van der Waals surface area contributed by atoms with Crippen LogP contribution in [-0.2, 0) is 18.4 Å². The molecule has 1 aromatic rings. The molecule has 0 aromatic carbocycles. The maximum Gasteiger partial charge on any atom is 0.227 e. The molecular weight excluding hydrogens is 238 g/mol. The van der Waals surface area contributed by atoms with E-state index in [1.165, 1.54) is 12.8 Å². The average Bonchev–Trinajstić information content (AvgIpc) is 2.68. The van der Waals surface area contributed by atoms with Crippen LogP contribution in [0.2, 0.25) is 0 Å². The van der Waals surface area contributed by atoms with Gasteiger partial charge in [0.1, 0.15) is 0 Å². The predicted molar refractivity (Wildman–Crippen MR) is 76.4 cm³/mol. The van der Waals surface area contributed by atoms with Crippen molar-refractivity contribution in [2.75, 3.05) is 6.54 Å². The Kier molecular flexibility index (Phi) is 4.64. The fraction of sp³-hybridized carbons (Fsp3) is 0.667. The third-order valence-corrected chi connectivity index (χ3v) is 4.41. The summed E-state index contributed by atoms with van der Waals surface area (Å²) in [4.78, 5) is 12.5. The van der Waals surface area contributed by atoms with E-state index in [4.69, 9.17) is 5.73 Å². The molecule has 1 aliphatic carbocycles. The normalized spacial score (nSPS) is 18.8. The molecule has 0 radical (unpaired) electrons. The van der Waals surface area contributed by atoms with Gasteiger partial charge in [0.25, 0.3) is 0 Å². The Labute approximate surface area is 115 Å². The summed E-state index contributed by atoms with van der Waals surface area (Å²) in [6, 6.07) is 4.02. The second-order valence-corrected chi connectivity index (χ2v) is 5.69. The molecule has 106 valence electrons. The van der Waals surface area contributed by atoms with E-state index >= 15 is 0 Å². The summed E-state index contributed by atoms with van der Waals surface area (Å²) in [5.41, 5.74) is 6.71. The summed E-state index contributed by atoms with van der Waals surface area (Å²) in [5, 5.41) is 3.08. The first-order valence-corrected chi connectivity index (χ1v) is 7.26. The molecule has 1 fully saturated rings. The van der Waals surface area contributed by atoms with Crippen LogP contribution in [0.4, 0.5) is 0 Å². The highest BCUT2D eigenvalue weighted by molar-refractivity contribution is 5.82. The van der Waals surface area contributed by atoms with Gasteiger partial charge in [-0.25, -0.2) is 0 Å². The summed E-state index contributed by atoms with van der Waals surface area (Å²) in [6.07, 6.45) is 8.56. The van der Waals surface area contributed by atoms with Crippen molar-refractivity contribution in [3.05, 3.63) is 24.0 Å². The zero-order valence-corrected chi connectivity index (χ0v) is 11.8. The van der Waals surface area contributed by atoms with Gasteiger partial charge in [0.2, 0.25) is 5.91 Å². The number of aryl methyl sites for hydroxylation is 1. The van der Waals surface area contributed by atoms with Crippen LogP contribution >= 0.6 is 0 Å². The highest BCUT2D eigenvalue weighted by Gasteiger charge is 2.36. The minimum absolute atomic E-state index is 0.137. The Morgan fingerprint density at radius 2 is 2.05 bits per heavy atom. The van der Waals surface area contributed by atoms with Crippen molar-refractivity contribution in [2.45, 2.75) is 45.1 Å². The quantitative estimate of drug-likeness (QED) is 0.816. The van der Waals surface area contributed by atoms with Crippen molar-refractivity contribution < 1.29 is 4.79 Å². The Morgan fingerprint density at radius 3 is 2.58 bits per heavy atom. The minimum atomic E-state index is -0.332. The SMILES string of the molecule is Cn1cccc1CNC(=O)C1(CN)CCCCCC1. The van der Waals surface area contributed by atoms with Crippen molar-refractivity contribution in [1.82, 2.24) is 9.88 Å². The summed E-state index contributed by atoms with van der Waals surface area (Å²) in [6.45, 7) is 1.05. The number of aromatic nitrogens is 1. The summed E-state index contributed by atoms with van der Waals surface area (Å²) >= 11 is 0. The number of amides is 1. The molecule has 1 aromatic heterocycles. The van der Waals surface area contributed by atoms with Crippen molar-refractivity contribution in [2.24, 2.45) is 18.2 Å². The lowest BCUT2D eigenvalue weighted by Crippen LogP contribution is -2.45. The van der Waals surface area contributed by atoms with Gasteiger partial charge in [-0.1, -0.05) is 25.7 Å². The first-order chi connectivity index (χ1) is 9.18. The van der Waals surface area contributed by atoms with Crippen LogP contribution < -0.4 is 11.1 Å². The van der Waals surface area contributed by atoms with Gasteiger partial charge in [0.15, 0.2) is 0 Å². The smallest absolute Gasteiger partial charge is 0.227 e. The van der Waals surface area contributed by atoms with Gasteiger partial charge in [-0.2, -0.15) is 0 Å². The molecule has 1 heterocycles. The molecule has 0 unspecified atom stereocenters. The number of hydrogen-bond acceptors (Lipinski definition) is 2. The molecule has 0 saturated heterocycles. The number of rotatable bonds is 4. The largest absolute Gasteiger partial charge is 0.353 e. The molecule has 4 nitrogen and oxygen atoms in total. The number of nitrogens with two attached hydrogens (primary N) is 1. The number of carbonyl (C=O) groups is 1. The fourth-order valence-corrected chi connectivity index (χ4v) is 2.97. The monoisotopic (exact) mass is 263 g/mol. The van der Waals surface area contributed by atoms with E-state index in [1.54, 1.807) is 0 Å². The van der Waals surface area contributed by atoms with E-state index in [2.05, 4.69) is 5.32 Å². The van der Waals surface area contributed by atoms with Gasteiger partial charge in [0, 0.05) is 25.5 Å². The molecule has 0 bridgehead atoms. The van der Waals surface area contributed by atoms with E-state index in [0.717, 1.165) is 31.4 Å². The molecule has 1 aliphatic rings. The third-order valence-electron chi connectivity index (χ3n) is 4.41. The summed E-state index contributed by atoms with van der Waals surface area (Å²) < 4.78 is 2.03. The fourth-order valence-electron chi connectivity index (χ4n) is 2.97. The molecule has 19 heavy (non-hydrogen) atoms. The minimum Gasteiger partial charge on any atom is -0.353 e. The van der Waals surface area contributed by atoms with Crippen molar-refractivity contribution in [3.8, 4) is 0 Å². The van der Waals surface area contributed by atoms with Gasteiger partial charge < -0.3 is 15.6 Å². The Bertz CT molecular complexity index is 417. The van der Waals surface area contributed by atoms with Crippen molar-refractivity contribution in [1.29, 1.82) is 0 Å². The molecular formula is C15H25N3O. The van der Waals surface area contributed by atoms with Gasteiger partial charge >= 0.3 is 0 Å². The van der Waals surface area contributed by atoms with Crippen molar-refractivity contribution >= 4 is 5.91 Å². The van der Waals surface area contributed by atoms with Crippen LogP contribution in [0.3, 0.4) is 0 Å². The summed E-state index contributed by atoms with van der Waals surface area (Å²) in [7, 11) is 1.99. The average molecular weight is 263 g/mol. The Morgan fingerprint density at radius 1 is 1.37 bits per heavy atom. The van der Waals surface area contributed by atoms with Crippen LogP contribution in [0, 0.1) is 5.41 Å². The lowest BCUT2D eigenvalue weighted by molar-refractivity contribution is -0.131. The van der Waals surface area contributed by atoms with Crippen LogP contribution in [0.1, 0.15) is 44.2 Å². The van der Waals surface area contributed by atoms with E-state index in [-0.39, 0.29) is 11.3 Å². The van der Waals surface area contributed by atoms with Crippen LogP contribution in [0.5, 0.6) is 0 Å². The second kappa shape index (κ2) is 6.24. The van der Waals surface area contributed by atoms with E-state index in [0.29, 0.717) is 13.1 Å². The number of hydrogen-bond donors (Lipinski definition) is 2. The van der Waals surface area contributed by atoms with Crippen LogP contribution in [0.25, 0.3) is 0 Å². The van der Waals surface area contributed by atoms with E-state index in [1.807, 2.05) is 29.9 Å². The van der Waals surface area contributed by atoms with Gasteiger partial charge in [-0.15, -0.1) is 0 Å². The molecule has 4 heteroatoms. The molecule has 2 rings (SSSR count). The Balaban J connectivity index is 1.98. The topological polar surface area (TPSA) is 60.0 Å². The van der Waals surface area contributed by atoms with Crippen molar-refractivity contribution in [3.63, 3.8) is 0 Å². The first-order valence-electron chi connectivity index (χ1n) is 7.26. The Hall–Kier alpha value is -1.29. The van der Waals surface area contributed by atoms with Gasteiger partial charge in [0.05, 0.1) is 12.0 Å². The maximum atomic E-state index is 12.5. The number of nitrogens with one attached hydrogen (secondary N) is 1. The highest BCUT2D eigenvalue weighted by Crippen LogP contribution is 2.34. The number of nitrogens with zero attached hydrogens (tertiary/aromatic N) is 1. The van der Waals surface area contributed by atoms with E-state index in [9.17, 15) is 4.79 Å². The summed E-state index contributed by atoms with van der Waals surface area (Å²) in [5.74, 6) is 0.137. The van der Waals surface area contributed by atoms with Gasteiger partial charge in [-0.3, -0.25) is 4.79 Å². The maximum absolute atomic E-state index is 12.5. The van der Waals surface area contributed by atoms with E-state index < -0.39 is 0 Å². The standard InChI is InChI=1S/C15H25N3O/c1-18-10-6-7-13(18)11-17-14(19)15(12-16)8-4-2-3-5-9-15/h6-7,10H,2-5,8-9,11-12,16H2,1H3,(H,17,19). The lowest BCUT2D eigenvalue weighted by atomic mass is 9.79. The second-order valence-electron chi connectivity index (χ2n) is 5.69. The molecule has 1 amide bonds. The number of carbonyl (C=O) groups excluding carboxylic acids is 1. The van der Waals surface area contributed by atoms with Crippen LogP contribution in [0.15, 0.2) is 18.3 Å². The zero-order chi connectivity index (χ0) is 13.7. The third kappa shape index (κ3) is 3.18. The van der Waals surface area contributed by atoms with Crippen LogP contribution in [-0.4, -0.2) is 17.0 Å². The zero-order valence-electron chi connectivity index (χ0n) is 11.8.